The van der Waals surface area contributed by atoms with Crippen LogP contribution < -0.4 is 10.6 Å². The molecule has 0 radical (unpaired) electrons. The number of carbonyl (C=O) groups is 1. The first-order chi connectivity index (χ1) is 9.15. The highest BCUT2D eigenvalue weighted by Crippen LogP contribution is 2.22. The van der Waals surface area contributed by atoms with Gasteiger partial charge in [-0.05, 0) is 49.8 Å². The number of hydrogen-bond acceptors (Lipinski definition) is 2. The molecule has 2 rings (SSSR count). The van der Waals surface area contributed by atoms with Gasteiger partial charge in [-0.3, -0.25) is 4.79 Å². The van der Waals surface area contributed by atoms with Crippen LogP contribution in [0.15, 0.2) is 30.4 Å². The number of allylic oxidation sites excluding steroid dienone is 2. The Kier molecular flexibility index (Phi) is 4.61. The number of hydrogen-bond donors (Lipinski definition) is 2. The topological polar surface area (TPSA) is 41.1 Å². The van der Waals surface area contributed by atoms with Gasteiger partial charge in [0.1, 0.15) is 0 Å². The number of carbonyl (C=O) groups excluding carboxylic acids is 1. The van der Waals surface area contributed by atoms with Gasteiger partial charge in [-0.25, -0.2) is 0 Å². The van der Waals surface area contributed by atoms with Gasteiger partial charge in [0.05, 0.1) is 0 Å². The Morgan fingerprint density at radius 2 is 2.21 bits per heavy atom. The lowest BCUT2D eigenvalue weighted by atomic mass is 9.94. The summed E-state index contributed by atoms with van der Waals surface area (Å²) in [5.74, 6) is 0.688. The van der Waals surface area contributed by atoms with Crippen molar-refractivity contribution < 1.29 is 4.79 Å². The highest BCUT2D eigenvalue weighted by molar-refractivity contribution is 5.90. The predicted molar refractivity (Wildman–Crippen MR) is 80.5 cm³/mol. The second-order valence-corrected chi connectivity index (χ2v) is 5.24. The molecule has 1 amide bonds. The lowest BCUT2D eigenvalue weighted by Crippen LogP contribution is -2.15. The fourth-order valence-corrected chi connectivity index (χ4v) is 2.36. The number of aryl methyl sites for hydroxylation is 1. The molecule has 0 aromatic heterocycles. The molecule has 1 aromatic carbocycles. The Morgan fingerprint density at radius 3 is 2.89 bits per heavy atom. The van der Waals surface area contributed by atoms with Gasteiger partial charge in [0, 0.05) is 24.8 Å². The summed E-state index contributed by atoms with van der Waals surface area (Å²) in [4.78, 5) is 11.1. The van der Waals surface area contributed by atoms with Crippen LogP contribution in [0.2, 0.25) is 0 Å². The molecular weight excluding hydrogens is 236 g/mol. The van der Waals surface area contributed by atoms with Gasteiger partial charge in [0.25, 0.3) is 0 Å². The predicted octanol–water partition coefficient (Wildman–Crippen LogP) is 3.72. The molecule has 0 saturated heterocycles. The normalized spacial score (nSPS) is 18.1. The maximum Gasteiger partial charge on any atom is 0.221 e. The minimum absolute atomic E-state index is 0.0299. The molecule has 1 aromatic rings. The third kappa shape index (κ3) is 4.12. The first kappa shape index (κ1) is 13.7. The maximum absolute atomic E-state index is 11.1. The zero-order chi connectivity index (χ0) is 13.7. The molecule has 0 heterocycles. The van der Waals surface area contributed by atoms with Gasteiger partial charge in [0.15, 0.2) is 0 Å². The van der Waals surface area contributed by atoms with Crippen LogP contribution in [0.3, 0.4) is 0 Å². The van der Waals surface area contributed by atoms with E-state index < -0.39 is 0 Å². The van der Waals surface area contributed by atoms with Crippen molar-refractivity contribution in [2.45, 2.75) is 33.1 Å². The van der Waals surface area contributed by atoms with Crippen LogP contribution in [0.5, 0.6) is 0 Å². The summed E-state index contributed by atoms with van der Waals surface area (Å²) in [7, 11) is 0. The molecule has 1 aliphatic rings. The maximum atomic E-state index is 11.1. The van der Waals surface area contributed by atoms with Crippen LogP contribution in [0, 0.1) is 12.8 Å². The van der Waals surface area contributed by atoms with E-state index in [4.69, 9.17) is 0 Å². The van der Waals surface area contributed by atoms with Crippen molar-refractivity contribution in [1.29, 1.82) is 0 Å². The highest BCUT2D eigenvalue weighted by atomic mass is 16.1. The van der Waals surface area contributed by atoms with Crippen LogP contribution in [0.4, 0.5) is 11.4 Å². The van der Waals surface area contributed by atoms with E-state index in [9.17, 15) is 4.79 Å². The Morgan fingerprint density at radius 1 is 1.37 bits per heavy atom. The van der Waals surface area contributed by atoms with E-state index in [0.717, 1.165) is 35.8 Å². The first-order valence-electron chi connectivity index (χ1n) is 6.92. The Hall–Kier alpha value is -1.77. The highest BCUT2D eigenvalue weighted by Gasteiger charge is 2.09. The first-order valence-corrected chi connectivity index (χ1v) is 6.92. The SMILES string of the molecule is CC(=O)Nc1cc(NCC2CC=CCC2)ccc1C. The second kappa shape index (κ2) is 6.41. The van der Waals surface area contributed by atoms with E-state index in [1.165, 1.54) is 19.8 Å². The Labute approximate surface area is 115 Å². The molecule has 0 saturated carbocycles. The third-order valence-corrected chi connectivity index (χ3v) is 3.52. The second-order valence-electron chi connectivity index (χ2n) is 5.24. The average molecular weight is 258 g/mol. The van der Waals surface area contributed by atoms with Crippen molar-refractivity contribution in [2.24, 2.45) is 5.92 Å². The lowest BCUT2D eigenvalue weighted by molar-refractivity contribution is -0.114. The average Bonchev–Trinajstić information content (AvgIpc) is 2.40. The number of nitrogens with one attached hydrogen (secondary N) is 2. The van der Waals surface area contributed by atoms with E-state index in [1.807, 2.05) is 19.1 Å². The molecule has 19 heavy (non-hydrogen) atoms. The standard InChI is InChI=1S/C16H22N2O/c1-12-8-9-15(10-16(12)18-13(2)19)17-11-14-6-4-3-5-7-14/h3-4,8-10,14,17H,5-7,11H2,1-2H3,(H,18,19). The summed E-state index contributed by atoms with van der Waals surface area (Å²) in [6, 6.07) is 6.11. The van der Waals surface area contributed by atoms with Crippen molar-refractivity contribution in [3.05, 3.63) is 35.9 Å². The zero-order valence-electron chi connectivity index (χ0n) is 11.7. The number of anilines is 2. The number of amides is 1. The summed E-state index contributed by atoms with van der Waals surface area (Å²) < 4.78 is 0. The molecule has 0 spiro atoms. The third-order valence-electron chi connectivity index (χ3n) is 3.52. The van der Waals surface area contributed by atoms with E-state index in [1.54, 1.807) is 0 Å². The van der Waals surface area contributed by atoms with Gasteiger partial charge in [-0.1, -0.05) is 18.2 Å². The summed E-state index contributed by atoms with van der Waals surface area (Å²) in [6.45, 7) is 4.53. The Bertz CT molecular complexity index is 480. The van der Waals surface area contributed by atoms with Gasteiger partial charge in [0.2, 0.25) is 5.91 Å². The van der Waals surface area contributed by atoms with Crippen molar-refractivity contribution in [3.63, 3.8) is 0 Å². The van der Waals surface area contributed by atoms with Gasteiger partial charge in [-0.2, -0.15) is 0 Å². The van der Waals surface area contributed by atoms with Crippen LogP contribution in [0.25, 0.3) is 0 Å². The molecule has 0 fully saturated rings. The fourth-order valence-electron chi connectivity index (χ4n) is 2.36. The van der Waals surface area contributed by atoms with Crippen LogP contribution in [-0.2, 0) is 4.79 Å². The van der Waals surface area contributed by atoms with E-state index in [2.05, 4.69) is 28.9 Å². The number of rotatable bonds is 4. The molecule has 0 bridgehead atoms. The minimum Gasteiger partial charge on any atom is -0.385 e. The van der Waals surface area contributed by atoms with E-state index >= 15 is 0 Å². The van der Waals surface area contributed by atoms with Crippen molar-refractivity contribution >= 4 is 17.3 Å². The minimum atomic E-state index is -0.0299. The van der Waals surface area contributed by atoms with Crippen molar-refractivity contribution in [1.82, 2.24) is 0 Å². The summed E-state index contributed by atoms with van der Waals surface area (Å²) in [5.41, 5.74) is 3.05. The van der Waals surface area contributed by atoms with E-state index in [-0.39, 0.29) is 5.91 Å². The Balaban J connectivity index is 1.96. The molecule has 102 valence electrons. The molecule has 2 N–H and O–H groups in total. The molecular formula is C16H22N2O. The van der Waals surface area contributed by atoms with Crippen LogP contribution in [-0.4, -0.2) is 12.5 Å². The van der Waals surface area contributed by atoms with Crippen molar-refractivity contribution in [2.75, 3.05) is 17.2 Å². The van der Waals surface area contributed by atoms with Gasteiger partial charge in [-0.15, -0.1) is 0 Å². The van der Waals surface area contributed by atoms with Gasteiger partial charge >= 0.3 is 0 Å². The van der Waals surface area contributed by atoms with Crippen molar-refractivity contribution in [3.8, 4) is 0 Å². The van der Waals surface area contributed by atoms with E-state index in [0.29, 0.717) is 0 Å². The van der Waals surface area contributed by atoms with Gasteiger partial charge < -0.3 is 10.6 Å². The molecule has 3 heteroatoms. The van der Waals surface area contributed by atoms with Crippen LogP contribution in [0.1, 0.15) is 31.7 Å². The summed E-state index contributed by atoms with van der Waals surface area (Å²) >= 11 is 0. The summed E-state index contributed by atoms with van der Waals surface area (Å²) in [6.07, 6.45) is 8.15. The number of benzene rings is 1. The molecule has 3 nitrogen and oxygen atoms in total. The molecule has 1 atom stereocenters. The fraction of sp³-hybridized carbons (Fsp3) is 0.438. The smallest absolute Gasteiger partial charge is 0.221 e. The zero-order valence-corrected chi connectivity index (χ0v) is 11.7. The monoisotopic (exact) mass is 258 g/mol. The largest absolute Gasteiger partial charge is 0.385 e. The lowest BCUT2D eigenvalue weighted by Gasteiger charge is -2.19. The summed E-state index contributed by atoms with van der Waals surface area (Å²) in [5, 5.41) is 6.33. The quantitative estimate of drug-likeness (QED) is 0.808. The molecule has 1 aliphatic carbocycles. The molecule has 1 unspecified atom stereocenters. The van der Waals surface area contributed by atoms with Crippen LogP contribution >= 0.6 is 0 Å². The molecule has 0 aliphatic heterocycles.